The molecule has 2 aromatic rings. The van der Waals surface area contributed by atoms with Gasteiger partial charge in [-0.3, -0.25) is 0 Å². The van der Waals surface area contributed by atoms with Crippen molar-refractivity contribution in [1.82, 2.24) is 4.98 Å². The summed E-state index contributed by atoms with van der Waals surface area (Å²) in [5.41, 5.74) is 1.22. The van der Waals surface area contributed by atoms with E-state index in [4.69, 9.17) is 9.47 Å². The highest BCUT2D eigenvalue weighted by atomic mass is 32.2. The molecule has 2 heterocycles. The van der Waals surface area contributed by atoms with E-state index in [1.807, 2.05) is 0 Å². The molecule has 0 spiro atoms. The molecule has 0 N–H and O–H groups in total. The molecular weight excluding hydrogens is 330 g/mol. The van der Waals surface area contributed by atoms with E-state index in [2.05, 4.69) is 4.98 Å². The zero-order valence-corrected chi connectivity index (χ0v) is 13.9. The number of hydrogen-bond donors (Lipinski definition) is 0. The Hall–Kier alpha value is -2.67. The highest BCUT2D eigenvalue weighted by Gasteiger charge is 2.34. The number of aromatic nitrogens is 1. The molecule has 3 rings (SSSR count). The molecule has 0 amide bonds. The molecule has 0 aliphatic carbocycles. The lowest BCUT2D eigenvalue weighted by atomic mass is 10.0. The molecule has 0 radical (unpaired) electrons. The van der Waals surface area contributed by atoms with E-state index in [-0.39, 0.29) is 16.5 Å². The van der Waals surface area contributed by atoms with Crippen molar-refractivity contribution in [2.24, 2.45) is 0 Å². The fourth-order valence-electron chi connectivity index (χ4n) is 2.42. The van der Waals surface area contributed by atoms with Crippen LogP contribution in [0.3, 0.4) is 0 Å². The molecule has 1 aromatic carbocycles. The second-order valence-electron chi connectivity index (χ2n) is 5.36. The number of ether oxygens (including phenoxy) is 2. The maximum Gasteiger partial charge on any atom is 0.375 e. The molecule has 1 atom stereocenters. The van der Waals surface area contributed by atoms with Gasteiger partial charge in [0.25, 0.3) is 0 Å². The second-order valence-corrected chi connectivity index (χ2v) is 7.37. The topological polar surface area (TPSA) is 82.6 Å². The monoisotopic (exact) mass is 345 g/mol. The lowest BCUT2D eigenvalue weighted by Gasteiger charge is -2.09. The summed E-state index contributed by atoms with van der Waals surface area (Å²) < 4.78 is 34.0. The van der Waals surface area contributed by atoms with Gasteiger partial charge in [-0.25, -0.2) is 18.2 Å². The molecule has 0 saturated heterocycles. The van der Waals surface area contributed by atoms with Crippen LogP contribution in [0.5, 0.6) is 5.88 Å². The maximum absolute atomic E-state index is 12.1. The third-order valence-electron chi connectivity index (χ3n) is 3.56. The van der Waals surface area contributed by atoms with Crippen molar-refractivity contribution >= 4 is 21.4 Å². The fraction of sp³-hybridized carbons (Fsp3) is 0.176. The lowest BCUT2D eigenvalue weighted by Crippen LogP contribution is -2.07. The normalized spacial score (nSPS) is 17.8. The van der Waals surface area contributed by atoms with Gasteiger partial charge in [0.1, 0.15) is 6.10 Å². The number of nitrogens with zero attached hydrogens (tertiary/aromatic N) is 1. The average Bonchev–Trinajstić information content (AvgIpc) is 2.81. The van der Waals surface area contributed by atoms with Crippen molar-refractivity contribution in [2.75, 3.05) is 6.26 Å². The minimum absolute atomic E-state index is 0.0632. The van der Waals surface area contributed by atoms with Crippen LogP contribution in [-0.2, 0) is 19.4 Å². The van der Waals surface area contributed by atoms with Gasteiger partial charge in [-0.1, -0.05) is 18.2 Å². The van der Waals surface area contributed by atoms with Crippen LogP contribution in [0.4, 0.5) is 0 Å². The van der Waals surface area contributed by atoms with E-state index in [9.17, 15) is 13.2 Å². The van der Waals surface area contributed by atoms with Crippen LogP contribution >= 0.6 is 0 Å². The van der Waals surface area contributed by atoms with Crippen molar-refractivity contribution in [2.45, 2.75) is 17.9 Å². The second kappa shape index (κ2) is 6.09. The van der Waals surface area contributed by atoms with Gasteiger partial charge >= 0.3 is 5.97 Å². The summed E-state index contributed by atoms with van der Waals surface area (Å²) in [7, 11) is -3.28. The smallest absolute Gasteiger partial charge is 0.375 e. The molecule has 1 unspecified atom stereocenters. The summed E-state index contributed by atoms with van der Waals surface area (Å²) in [5, 5.41) is 0. The van der Waals surface area contributed by atoms with Gasteiger partial charge in [-0.05, 0) is 30.7 Å². The largest absolute Gasteiger partial charge is 0.452 e. The minimum atomic E-state index is -3.28. The Kier molecular flexibility index (Phi) is 4.11. The lowest BCUT2D eigenvalue weighted by molar-refractivity contribution is -0.140. The van der Waals surface area contributed by atoms with E-state index < -0.39 is 21.9 Å². The molecule has 7 heteroatoms. The first-order valence-electron chi connectivity index (χ1n) is 7.21. The van der Waals surface area contributed by atoms with Crippen molar-refractivity contribution in [3.05, 3.63) is 60.0 Å². The summed E-state index contributed by atoms with van der Waals surface area (Å²) >= 11 is 0. The first-order valence-corrected chi connectivity index (χ1v) is 9.10. The van der Waals surface area contributed by atoms with Crippen molar-refractivity contribution in [3.8, 4) is 5.88 Å². The summed E-state index contributed by atoms with van der Waals surface area (Å²) in [4.78, 5) is 16.3. The van der Waals surface area contributed by atoms with Gasteiger partial charge in [-0.2, -0.15) is 0 Å². The first kappa shape index (κ1) is 16.2. The zero-order chi connectivity index (χ0) is 17.3. The number of cyclic esters (lactones) is 1. The molecule has 1 aliphatic rings. The Balaban J connectivity index is 2.02. The van der Waals surface area contributed by atoms with Gasteiger partial charge in [0.05, 0.1) is 4.90 Å². The van der Waals surface area contributed by atoms with E-state index in [0.717, 1.165) is 6.26 Å². The molecule has 1 aliphatic heterocycles. The predicted octanol–water partition coefficient (Wildman–Crippen LogP) is 2.22. The van der Waals surface area contributed by atoms with Crippen LogP contribution in [0.2, 0.25) is 0 Å². The van der Waals surface area contributed by atoms with Crippen molar-refractivity contribution < 1.29 is 22.7 Å². The molecule has 124 valence electrons. The fourth-order valence-corrected chi connectivity index (χ4v) is 3.05. The third-order valence-corrected chi connectivity index (χ3v) is 4.69. The van der Waals surface area contributed by atoms with E-state index in [1.54, 1.807) is 43.5 Å². The van der Waals surface area contributed by atoms with Crippen molar-refractivity contribution in [3.63, 3.8) is 0 Å². The molecule has 0 bridgehead atoms. The maximum atomic E-state index is 12.1. The molecule has 6 nitrogen and oxygen atoms in total. The summed E-state index contributed by atoms with van der Waals surface area (Å²) in [5.74, 6) is -0.229. The van der Waals surface area contributed by atoms with E-state index in [0.29, 0.717) is 11.1 Å². The summed E-state index contributed by atoms with van der Waals surface area (Å²) in [6, 6.07) is 11.4. The molecular formula is C17H15NO5S. The number of benzene rings is 1. The van der Waals surface area contributed by atoms with E-state index in [1.165, 1.54) is 12.1 Å². The Morgan fingerprint density at radius 3 is 2.42 bits per heavy atom. The zero-order valence-electron chi connectivity index (χ0n) is 13.1. The van der Waals surface area contributed by atoms with Crippen molar-refractivity contribution in [1.29, 1.82) is 0 Å². The van der Waals surface area contributed by atoms with E-state index >= 15 is 0 Å². The number of hydrogen-bond acceptors (Lipinski definition) is 6. The quantitative estimate of drug-likeness (QED) is 0.790. The number of pyridine rings is 1. The third kappa shape index (κ3) is 3.16. The minimum Gasteiger partial charge on any atom is -0.452 e. The SMILES string of the molecule is CC1OC(=O)C(Oc2ccccn2)=C1c1ccc(S(C)(=O)=O)cc1. The number of sulfone groups is 1. The Morgan fingerprint density at radius 1 is 1.12 bits per heavy atom. The predicted molar refractivity (Wildman–Crippen MR) is 86.9 cm³/mol. The van der Waals surface area contributed by atoms with Gasteiger partial charge in [0.2, 0.25) is 11.6 Å². The number of carbonyl (C=O) groups excluding carboxylic acids is 1. The van der Waals surface area contributed by atoms with Gasteiger partial charge in [0.15, 0.2) is 9.84 Å². The Labute approximate surface area is 139 Å². The highest BCUT2D eigenvalue weighted by Crippen LogP contribution is 2.33. The average molecular weight is 345 g/mol. The number of rotatable bonds is 4. The first-order chi connectivity index (χ1) is 11.4. The molecule has 0 saturated carbocycles. The molecule has 0 fully saturated rings. The summed E-state index contributed by atoms with van der Waals surface area (Å²) in [6.45, 7) is 1.73. The Bertz CT molecular complexity index is 902. The standard InChI is InChI=1S/C17H15NO5S/c1-11-15(12-6-8-13(9-7-12)24(2,20)21)16(17(19)22-11)23-14-5-3-4-10-18-14/h3-11H,1-2H3. The van der Waals surface area contributed by atoms with Crippen LogP contribution in [0.15, 0.2) is 59.3 Å². The number of carbonyl (C=O) groups is 1. The highest BCUT2D eigenvalue weighted by molar-refractivity contribution is 7.90. The van der Waals surface area contributed by atoms with Crippen LogP contribution < -0.4 is 4.74 Å². The van der Waals surface area contributed by atoms with Crippen LogP contribution in [0.1, 0.15) is 12.5 Å². The number of esters is 1. The van der Waals surface area contributed by atoms with Crippen LogP contribution in [0, 0.1) is 0 Å². The molecule has 24 heavy (non-hydrogen) atoms. The van der Waals surface area contributed by atoms with Crippen LogP contribution in [0.25, 0.3) is 5.57 Å². The van der Waals surface area contributed by atoms with Gasteiger partial charge < -0.3 is 9.47 Å². The van der Waals surface area contributed by atoms with Gasteiger partial charge in [-0.15, -0.1) is 0 Å². The van der Waals surface area contributed by atoms with Gasteiger partial charge in [0, 0.05) is 24.1 Å². The molecule has 1 aromatic heterocycles. The summed E-state index contributed by atoms with van der Waals surface area (Å²) in [6.07, 6.45) is 2.20. The Morgan fingerprint density at radius 2 is 1.83 bits per heavy atom. The van der Waals surface area contributed by atoms with Crippen LogP contribution in [-0.4, -0.2) is 31.7 Å².